The number of aliphatic hydroxyl groups is 1. The minimum absolute atomic E-state index is 0.0197. The average Bonchev–Trinajstić information content (AvgIpc) is 3.22. The molecule has 40 heavy (non-hydrogen) atoms. The standard InChI is InChI=1S/C31H39NO8/c1-19-14-15-24(38-29(33)21-10-7-6-8-11-21)28-25(39-31(3,4)40-28)13-9-12-22-16-23(32)17-26(36-18-35-5)27(22)30(34)37-20(19)2/h6-12,14-17,19-20,24-25,28,30,34H,13,18,32H2,1-5H3/b12-9+,15-14-/t19-,20+,24?,25+,28?,30+/m1/s1. The minimum Gasteiger partial charge on any atom is -0.467 e. The molecule has 2 aromatic rings. The van der Waals surface area contributed by atoms with Gasteiger partial charge in [0.1, 0.15) is 18.0 Å². The van der Waals surface area contributed by atoms with Crippen molar-refractivity contribution in [3.63, 3.8) is 0 Å². The summed E-state index contributed by atoms with van der Waals surface area (Å²) in [4.78, 5) is 13.0. The smallest absolute Gasteiger partial charge is 0.338 e. The van der Waals surface area contributed by atoms with E-state index in [4.69, 9.17) is 34.2 Å². The summed E-state index contributed by atoms with van der Waals surface area (Å²) >= 11 is 0. The molecule has 216 valence electrons. The summed E-state index contributed by atoms with van der Waals surface area (Å²) in [5.74, 6) is -1.15. The van der Waals surface area contributed by atoms with E-state index in [0.717, 1.165) is 0 Å². The summed E-state index contributed by atoms with van der Waals surface area (Å²) in [5, 5.41) is 11.2. The van der Waals surface area contributed by atoms with E-state index in [9.17, 15) is 9.90 Å². The second-order valence-electron chi connectivity index (χ2n) is 10.5. The Morgan fingerprint density at radius 1 is 1.12 bits per heavy atom. The first-order valence-electron chi connectivity index (χ1n) is 13.4. The molecule has 2 heterocycles. The van der Waals surface area contributed by atoms with Gasteiger partial charge in [0.05, 0.1) is 23.3 Å². The molecule has 0 radical (unpaired) electrons. The first-order chi connectivity index (χ1) is 19.1. The van der Waals surface area contributed by atoms with Crippen LogP contribution in [0.1, 0.15) is 61.9 Å². The molecule has 0 amide bonds. The van der Waals surface area contributed by atoms with E-state index >= 15 is 0 Å². The Hall–Kier alpha value is -3.21. The molecule has 0 spiro atoms. The van der Waals surface area contributed by atoms with Crippen LogP contribution >= 0.6 is 0 Å². The van der Waals surface area contributed by atoms with Gasteiger partial charge in [-0.3, -0.25) is 0 Å². The summed E-state index contributed by atoms with van der Waals surface area (Å²) in [6.45, 7) is 7.46. The third-order valence-corrected chi connectivity index (χ3v) is 6.93. The largest absolute Gasteiger partial charge is 0.467 e. The molecule has 1 saturated heterocycles. The number of nitrogens with two attached hydrogens (primary N) is 1. The number of rotatable bonds is 5. The van der Waals surface area contributed by atoms with Crippen LogP contribution in [0.5, 0.6) is 5.75 Å². The SMILES string of the molecule is COCOc1cc(N)cc2c1[C@@H](O)O[C@@H](C)[C@H](C)/C=C\C(OC(=O)c1ccccc1)C1OC(C)(C)O[C@H]1C/C=C/2. The lowest BCUT2D eigenvalue weighted by atomic mass is 9.98. The molecule has 2 aliphatic rings. The Kier molecular flexibility index (Phi) is 9.65. The van der Waals surface area contributed by atoms with Gasteiger partial charge < -0.3 is 39.3 Å². The van der Waals surface area contributed by atoms with E-state index < -0.39 is 42.5 Å². The van der Waals surface area contributed by atoms with Gasteiger partial charge in [0.25, 0.3) is 0 Å². The number of hydrogen-bond donors (Lipinski definition) is 2. The van der Waals surface area contributed by atoms with Gasteiger partial charge in [-0.2, -0.15) is 0 Å². The van der Waals surface area contributed by atoms with Crippen LogP contribution in [0.2, 0.25) is 0 Å². The van der Waals surface area contributed by atoms with Crippen molar-refractivity contribution < 1.29 is 38.3 Å². The molecule has 2 aromatic carbocycles. The van der Waals surface area contributed by atoms with Gasteiger partial charge in [0.2, 0.25) is 0 Å². The fourth-order valence-corrected chi connectivity index (χ4v) is 4.79. The van der Waals surface area contributed by atoms with Crippen LogP contribution in [0, 0.1) is 5.92 Å². The van der Waals surface area contributed by atoms with Crippen LogP contribution in [0.4, 0.5) is 5.69 Å². The van der Waals surface area contributed by atoms with E-state index in [1.54, 1.807) is 36.4 Å². The molecule has 2 aliphatic heterocycles. The number of fused-ring (bicyclic) bond motifs is 2. The summed E-state index contributed by atoms with van der Waals surface area (Å²) in [6.07, 6.45) is 4.46. The highest BCUT2D eigenvalue weighted by molar-refractivity contribution is 5.89. The van der Waals surface area contributed by atoms with Gasteiger partial charge in [-0.15, -0.1) is 0 Å². The van der Waals surface area contributed by atoms with Crippen molar-refractivity contribution in [2.75, 3.05) is 19.6 Å². The molecule has 2 unspecified atom stereocenters. The van der Waals surface area contributed by atoms with Gasteiger partial charge in [0, 0.05) is 24.8 Å². The molecule has 9 heteroatoms. The Morgan fingerprint density at radius 2 is 1.88 bits per heavy atom. The van der Waals surface area contributed by atoms with Crippen molar-refractivity contribution in [3.8, 4) is 5.75 Å². The number of ether oxygens (including phenoxy) is 6. The van der Waals surface area contributed by atoms with Gasteiger partial charge in [-0.1, -0.05) is 43.4 Å². The quantitative estimate of drug-likeness (QED) is 0.228. The topological polar surface area (TPSA) is 119 Å². The predicted molar refractivity (Wildman–Crippen MR) is 150 cm³/mol. The second kappa shape index (κ2) is 13.0. The van der Waals surface area contributed by atoms with Crippen molar-refractivity contribution in [3.05, 3.63) is 77.4 Å². The van der Waals surface area contributed by atoms with Gasteiger partial charge >= 0.3 is 5.97 Å². The number of carbonyl (C=O) groups is 1. The van der Waals surface area contributed by atoms with Gasteiger partial charge in [0.15, 0.2) is 18.9 Å². The maximum Gasteiger partial charge on any atom is 0.338 e. The second-order valence-corrected chi connectivity index (χ2v) is 10.5. The Labute approximate surface area is 235 Å². The van der Waals surface area contributed by atoms with E-state index in [1.807, 2.05) is 58.1 Å². The number of nitrogen functional groups attached to an aromatic ring is 1. The van der Waals surface area contributed by atoms with E-state index in [0.29, 0.717) is 34.5 Å². The Balaban J connectivity index is 1.72. The lowest BCUT2D eigenvalue weighted by Gasteiger charge is -2.27. The molecule has 4 rings (SSSR count). The minimum atomic E-state index is -1.30. The number of aliphatic hydroxyl groups excluding tert-OH is 1. The van der Waals surface area contributed by atoms with Crippen LogP contribution in [-0.4, -0.2) is 55.2 Å². The van der Waals surface area contributed by atoms with Crippen molar-refractivity contribution in [2.24, 2.45) is 5.92 Å². The zero-order valence-corrected chi connectivity index (χ0v) is 23.6. The monoisotopic (exact) mass is 553 g/mol. The summed E-state index contributed by atoms with van der Waals surface area (Å²) < 4.78 is 35.4. The summed E-state index contributed by atoms with van der Waals surface area (Å²) in [7, 11) is 1.51. The molecule has 0 saturated carbocycles. The number of benzene rings is 2. The molecule has 3 N–H and O–H groups in total. The predicted octanol–water partition coefficient (Wildman–Crippen LogP) is 5.00. The maximum absolute atomic E-state index is 13.0. The molecule has 0 bridgehead atoms. The molecular weight excluding hydrogens is 514 g/mol. The zero-order chi connectivity index (χ0) is 28.9. The van der Waals surface area contributed by atoms with Crippen LogP contribution in [0.25, 0.3) is 6.08 Å². The molecule has 6 atom stereocenters. The first kappa shape index (κ1) is 29.8. The molecule has 0 aromatic heterocycles. The van der Waals surface area contributed by atoms with E-state index in [-0.39, 0.29) is 12.7 Å². The van der Waals surface area contributed by atoms with Crippen LogP contribution in [0.3, 0.4) is 0 Å². The normalized spacial score (nSPS) is 29.9. The number of carbonyl (C=O) groups excluding carboxylic acids is 1. The average molecular weight is 554 g/mol. The number of esters is 1. The molecular formula is C31H39NO8. The highest BCUT2D eigenvalue weighted by Crippen LogP contribution is 2.37. The molecule has 1 fully saturated rings. The van der Waals surface area contributed by atoms with Crippen LogP contribution in [0.15, 0.2) is 60.7 Å². The molecule has 9 nitrogen and oxygen atoms in total. The van der Waals surface area contributed by atoms with Crippen molar-refractivity contribution in [2.45, 2.75) is 70.6 Å². The fraction of sp³-hybridized carbons (Fsp3) is 0.452. The summed E-state index contributed by atoms with van der Waals surface area (Å²) in [6, 6.07) is 12.2. The number of hydrogen-bond acceptors (Lipinski definition) is 9. The lowest BCUT2D eigenvalue weighted by Crippen LogP contribution is -2.37. The summed E-state index contributed by atoms with van der Waals surface area (Å²) in [5.41, 5.74) is 8.14. The van der Waals surface area contributed by atoms with Crippen molar-refractivity contribution in [1.82, 2.24) is 0 Å². The Bertz CT molecular complexity index is 1210. The van der Waals surface area contributed by atoms with Crippen LogP contribution in [-0.2, 0) is 23.7 Å². The number of methoxy groups -OCH3 is 1. The third-order valence-electron chi connectivity index (χ3n) is 6.93. The maximum atomic E-state index is 13.0. The lowest BCUT2D eigenvalue weighted by molar-refractivity contribution is -0.153. The first-order valence-corrected chi connectivity index (χ1v) is 13.4. The third kappa shape index (κ3) is 7.30. The van der Waals surface area contributed by atoms with E-state index in [1.165, 1.54) is 7.11 Å². The highest BCUT2D eigenvalue weighted by Gasteiger charge is 2.45. The van der Waals surface area contributed by atoms with E-state index in [2.05, 4.69) is 0 Å². The van der Waals surface area contributed by atoms with Crippen LogP contribution < -0.4 is 10.5 Å². The highest BCUT2D eigenvalue weighted by atomic mass is 16.8. The van der Waals surface area contributed by atoms with Crippen molar-refractivity contribution >= 4 is 17.7 Å². The molecule has 0 aliphatic carbocycles. The fourth-order valence-electron chi connectivity index (χ4n) is 4.79. The van der Waals surface area contributed by atoms with Gasteiger partial charge in [-0.05, 0) is 57.0 Å². The van der Waals surface area contributed by atoms with Gasteiger partial charge in [-0.25, -0.2) is 4.79 Å². The van der Waals surface area contributed by atoms with Crippen molar-refractivity contribution in [1.29, 1.82) is 0 Å². The zero-order valence-electron chi connectivity index (χ0n) is 23.6. The Morgan fingerprint density at radius 3 is 2.60 bits per heavy atom. The number of anilines is 1.